The van der Waals surface area contributed by atoms with Crippen LogP contribution in [-0.4, -0.2) is 36.3 Å². The van der Waals surface area contributed by atoms with Crippen molar-refractivity contribution in [2.75, 3.05) is 13.2 Å². The Labute approximate surface area is 172 Å². The summed E-state index contributed by atoms with van der Waals surface area (Å²) in [6, 6.07) is 3.63. The van der Waals surface area contributed by atoms with Gasteiger partial charge in [-0.15, -0.1) is 0 Å². The average molecular weight is 447 g/mol. The molecule has 1 aromatic carbocycles. The molecule has 4 atom stereocenters. The second-order valence-electron chi connectivity index (χ2n) is 7.27. The normalized spacial score (nSPS) is 28.3. The summed E-state index contributed by atoms with van der Waals surface area (Å²) in [5.41, 5.74) is 0.718. The van der Waals surface area contributed by atoms with Crippen molar-refractivity contribution in [3.8, 4) is 11.5 Å². The predicted molar refractivity (Wildman–Crippen MR) is 108 cm³/mol. The standard InChI is InChI=1S/C21H23BrN2O4/c1-3-27-16-10-12(9-15(22)19(16)28-4-2)11-23-24-20(25)17-13-5-6-14(8-7-13)18(17)21(24)26/h5-6,9-11,13-14,17-18H,3-4,7-8H2,1-2H3/b23-11-/t13-,14-,17-,18+/m0/s1. The molecule has 0 N–H and O–H groups in total. The molecule has 0 radical (unpaired) electrons. The molecule has 1 saturated heterocycles. The minimum atomic E-state index is -0.251. The Bertz CT molecular complexity index is 834. The van der Waals surface area contributed by atoms with Gasteiger partial charge >= 0.3 is 0 Å². The highest BCUT2D eigenvalue weighted by Crippen LogP contribution is 2.49. The molecule has 0 spiro atoms. The van der Waals surface area contributed by atoms with Crippen LogP contribution >= 0.6 is 15.9 Å². The summed E-state index contributed by atoms with van der Waals surface area (Å²) in [5, 5.41) is 5.33. The van der Waals surface area contributed by atoms with E-state index in [1.807, 2.05) is 19.9 Å². The minimum Gasteiger partial charge on any atom is -0.490 e. The van der Waals surface area contributed by atoms with Crippen molar-refractivity contribution in [3.63, 3.8) is 0 Å². The van der Waals surface area contributed by atoms with Crippen molar-refractivity contribution in [2.24, 2.45) is 28.8 Å². The van der Waals surface area contributed by atoms with Crippen molar-refractivity contribution >= 4 is 34.0 Å². The van der Waals surface area contributed by atoms with E-state index in [1.165, 1.54) is 6.21 Å². The molecule has 2 bridgehead atoms. The third-order valence-electron chi connectivity index (χ3n) is 5.68. The number of carbonyl (C=O) groups is 2. The molecule has 4 aliphatic rings. The molecule has 5 rings (SSSR count). The second-order valence-corrected chi connectivity index (χ2v) is 8.12. The number of hydrazone groups is 1. The van der Waals surface area contributed by atoms with E-state index in [4.69, 9.17) is 9.47 Å². The number of imide groups is 1. The van der Waals surface area contributed by atoms with Crippen LogP contribution in [0.3, 0.4) is 0 Å². The molecule has 148 valence electrons. The fraction of sp³-hybridized carbons (Fsp3) is 0.476. The summed E-state index contributed by atoms with van der Waals surface area (Å²) in [6.07, 6.45) is 7.69. The van der Waals surface area contributed by atoms with Crippen molar-refractivity contribution in [3.05, 3.63) is 34.3 Å². The predicted octanol–water partition coefficient (Wildman–Crippen LogP) is 3.78. The van der Waals surface area contributed by atoms with Gasteiger partial charge in [-0.25, -0.2) is 0 Å². The third-order valence-corrected chi connectivity index (χ3v) is 6.27. The molecule has 0 unspecified atom stereocenters. The molecule has 6 nitrogen and oxygen atoms in total. The van der Waals surface area contributed by atoms with Crippen LogP contribution in [0, 0.1) is 23.7 Å². The lowest BCUT2D eigenvalue weighted by atomic mass is 9.63. The lowest BCUT2D eigenvalue weighted by Crippen LogP contribution is -2.38. The first-order valence-electron chi connectivity index (χ1n) is 9.74. The summed E-state index contributed by atoms with van der Waals surface area (Å²) >= 11 is 3.50. The molecule has 2 fully saturated rings. The quantitative estimate of drug-likeness (QED) is 0.378. The number of ether oxygens (including phenoxy) is 2. The number of rotatable bonds is 6. The van der Waals surface area contributed by atoms with Crippen LogP contribution in [0.15, 0.2) is 33.9 Å². The second kappa shape index (κ2) is 7.70. The first-order chi connectivity index (χ1) is 13.5. The number of carbonyl (C=O) groups excluding carboxylic acids is 2. The zero-order valence-corrected chi connectivity index (χ0v) is 17.5. The van der Waals surface area contributed by atoms with Gasteiger partial charge in [0.05, 0.1) is 35.7 Å². The smallest absolute Gasteiger partial charge is 0.254 e. The number of benzene rings is 1. The zero-order valence-electron chi connectivity index (χ0n) is 15.9. The lowest BCUT2D eigenvalue weighted by Gasteiger charge is -2.37. The summed E-state index contributed by atoms with van der Waals surface area (Å²) in [7, 11) is 0. The molecule has 28 heavy (non-hydrogen) atoms. The first kappa shape index (κ1) is 19.2. The average Bonchev–Trinajstić information content (AvgIpc) is 2.96. The molecule has 2 amide bonds. The maximum atomic E-state index is 12.8. The number of nitrogens with zero attached hydrogens (tertiary/aromatic N) is 2. The van der Waals surface area contributed by atoms with E-state index in [2.05, 4.69) is 33.2 Å². The van der Waals surface area contributed by atoms with Crippen LogP contribution in [0.2, 0.25) is 0 Å². The van der Waals surface area contributed by atoms with E-state index in [0.29, 0.717) is 24.7 Å². The number of amides is 2. The van der Waals surface area contributed by atoms with Gasteiger partial charge in [-0.1, -0.05) is 12.2 Å². The SMILES string of the molecule is CCOc1cc(/C=N\N2C(=O)[C@@H]3[C@H](C2=O)[C@H]2C=C[C@H]3CC2)cc(Br)c1OCC. The van der Waals surface area contributed by atoms with Crippen molar-refractivity contribution < 1.29 is 19.1 Å². The van der Waals surface area contributed by atoms with Crippen LogP contribution in [0.5, 0.6) is 11.5 Å². The monoisotopic (exact) mass is 446 g/mol. The van der Waals surface area contributed by atoms with Crippen LogP contribution < -0.4 is 9.47 Å². The Morgan fingerprint density at radius 2 is 1.68 bits per heavy atom. The van der Waals surface area contributed by atoms with Crippen molar-refractivity contribution in [1.82, 2.24) is 5.01 Å². The van der Waals surface area contributed by atoms with E-state index >= 15 is 0 Å². The van der Waals surface area contributed by atoms with Gasteiger partial charge in [0.15, 0.2) is 11.5 Å². The van der Waals surface area contributed by atoms with Crippen LogP contribution in [-0.2, 0) is 9.59 Å². The first-order valence-corrected chi connectivity index (χ1v) is 10.5. The molecular formula is C21H23BrN2O4. The summed E-state index contributed by atoms with van der Waals surface area (Å²) in [6.45, 7) is 4.82. The molecule has 0 aromatic heterocycles. The van der Waals surface area contributed by atoms with Gasteiger partial charge in [0.2, 0.25) is 0 Å². The number of hydrogen-bond donors (Lipinski definition) is 0. The summed E-state index contributed by atoms with van der Waals surface area (Å²) < 4.78 is 12.0. The third kappa shape index (κ3) is 3.15. The van der Waals surface area contributed by atoms with Crippen LogP contribution in [0.4, 0.5) is 0 Å². The maximum Gasteiger partial charge on any atom is 0.254 e. The number of hydrogen-bond acceptors (Lipinski definition) is 5. The van der Waals surface area contributed by atoms with Gasteiger partial charge in [0, 0.05) is 0 Å². The van der Waals surface area contributed by atoms with Gasteiger partial charge in [0.1, 0.15) is 0 Å². The maximum absolute atomic E-state index is 12.8. The Hall–Kier alpha value is -2.15. The van der Waals surface area contributed by atoms with Gasteiger partial charge in [-0.2, -0.15) is 10.1 Å². The number of allylic oxidation sites excluding steroid dienone is 2. The topological polar surface area (TPSA) is 68.2 Å². The van der Waals surface area contributed by atoms with E-state index in [-0.39, 0.29) is 35.5 Å². The van der Waals surface area contributed by atoms with Crippen LogP contribution in [0.25, 0.3) is 0 Å². The number of halogens is 1. The van der Waals surface area contributed by atoms with Gasteiger partial charge in [0.25, 0.3) is 11.8 Å². The Morgan fingerprint density at radius 3 is 2.21 bits per heavy atom. The Balaban J connectivity index is 1.59. The Morgan fingerprint density at radius 1 is 1.07 bits per heavy atom. The van der Waals surface area contributed by atoms with Gasteiger partial charge in [-0.05, 0) is 72.2 Å². The fourth-order valence-electron chi connectivity index (χ4n) is 4.51. The summed E-state index contributed by atoms with van der Waals surface area (Å²) in [4.78, 5) is 25.7. The lowest BCUT2D eigenvalue weighted by molar-refractivity contribution is -0.140. The molecule has 1 aromatic rings. The molecule has 7 heteroatoms. The minimum absolute atomic E-state index is 0.163. The highest BCUT2D eigenvalue weighted by atomic mass is 79.9. The largest absolute Gasteiger partial charge is 0.490 e. The van der Waals surface area contributed by atoms with E-state index in [0.717, 1.165) is 27.9 Å². The van der Waals surface area contributed by atoms with Crippen molar-refractivity contribution in [2.45, 2.75) is 26.7 Å². The molecular weight excluding hydrogens is 424 g/mol. The highest BCUT2D eigenvalue weighted by molar-refractivity contribution is 9.10. The van der Waals surface area contributed by atoms with E-state index in [1.54, 1.807) is 6.07 Å². The molecule has 1 heterocycles. The van der Waals surface area contributed by atoms with Gasteiger partial charge < -0.3 is 9.47 Å². The van der Waals surface area contributed by atoms with E-state index in [9.17, 15) is 9.59 Å². The summed E-state index contributed by atoms with van der Waals surface area (Å²) in [5.74, 6) is 0.685. The van der Waals surface area contributed by atoms with Crippen molar-refractivity contribution in [1.29, 1.82) is 0 Å². The molecule has 1 aliphatic heterocycles. The van der Waals surface area contributed by atoms with E-state index < -0.39 is 0 Å². The van der Waals surface area contributed by atoms with Gasteiger partial charge in [-0.3, -0.25) is 9.59 Å². The van der Waals surface area contributed by atoms with Crippen LogP contribution in [0.1, 0.15) is 32.3 Å². The zero-order chi connectivity index (χ0) is 19.8. The Kier molecular flexibility index (Phi) is 5.27. The molecule has 1 saturated carbocycles. The fourth-order valence-corrected chi connectivity index (χ4v) is 5.08. The highest BCUT2D eigenvalue weighted by Gasteiger charge is 2.56. The molecule has 3 aliphatic carbocycles. The number of fused-ring (bicyclic) bond motifs is 1.